The Labute approximate surface area is 204 Å². The third-order valence-electron chi connectivity index (χ3n) is 6.32. The molecule has 2 heterocycles. The van der Waals surface area contributed by atoms with E-state index in [1.807, 2.05) is 42.5 Å². The van der Waals surface area contributed by atoms with Crippen molar-refractivity contribution in [3.05, 3.63) is 106 Å². The van der Waals surface area contributed by atoms with Gasteiger partial charge in [0.15, 0.2) is 5.69 Å². The Morgan fingerprint density at radius 1 is 0.886 bits per heavy atom. The van der Waals surface area contributed by atoms with Crippen molar-refractivity contribution in [1.29, 1.82) is 0 Å². The molecule has 0 unspecified atom stereocenters. The summed E-state index contributed by atoms with van der Waals surface area (Å²) in [6.45, 7) is 4.00. The first kappa shape index (κ1) is 22.8. The Morgan fingerprint density at radius 2 is 1.54 bits per heavy atom. The Bertz CT molecular complexity index is 1380. The zero-order chi connectivity index (χ0) is 24.2. The van der Waals surface area contributed by atoms with Crippen LogP contribution in [-0.4, -0.2) is 53.9 Å². The lowest BCUT2D eigenvalue weighted by Gasteiger charge is -2.29. The Balaban J connectivity index is 1.40. The number of anilines is 1. The molecule has 1 aromatic heterocycles. The average Bonchev–Trinajstić information content (AvgIpc) is 2.91. The first-order valence-corrected chi connectivity index (χ1v) is 11.8. The predicted molar refractivity (Wildman–Crippen MR) is 137 cm³/mol. The molecular formula is C28H28N4O3. The van der Waals surface area contributed by atoms with E-state index in [1.165, 1.54) is 4.68 Å². The molecule has 35 heavy (non-hydrogen) atoms. The fourth-order valence-electron chi connectivity index (χ4n) is 4.42. The molecule has 1 aliphatic rings. The highest BCUT2D eigenvalue weighted by atomic mass is 16.5. The third-order valence-corrected chi connectivity index (χ3v) is 6.32. The summed E-state index contributed by atoms with van der Waals surface area (Å²) in [6.07, 6.45) is 0. The highest BCUT2D eigenvalue weighted by Gasteiger charge is 2.20. The molecule has 1 aliphatic heterocycles. The molecular weight excluding hydrogens is 440 g/mol. The first-order chi connectivity index (χ1) is 17.1. The number of amides is 1. The van der Waals surface area contributed by atoms with E-state index in [0.29, 0.717) is 23.9 Å². The number of carbonyl (C=O) groups is 1. The van der Waals surface area contributed by atoms with Gasteiger partial charge in [-0.2, -0.15) is 5.10 Å². The van der Waals surface area contributed by atoms with E-state index in [4.69, 9.17) is 4.74 Å². The molecule has 0 spiro atoms. The maximum atomic E-state index is 13.5. The summed E-state index contributed by atoms with van der Waals surface area (Å²) in [6, 6.07) is 25.1. The van der Waals surface area contributed by atoms with Crippen LogP contribution in [0.4, 0.5) is 5.69 Å². The number of morpholine rings is 1. The number of fused-ring (bicyclic) bond motifs is 1. The summed E-state index contributed by atoms with van der Waals surface area (Å²) in [5.41, 5.74) is 3.21. The zero-order valence-electron chi connectivity index (χ0n) is 19.8. The standard InChI is InChI=1S/C28H28N4O3/c1-30(19-22-11-13-23(14-12-22)31-15-17-35-18-16-31)28(34)26-24-9-5-6-10-25(24)27(33)32(29-26)20-21-7-3-2-4-8-21/h2-14H,15-20H2,1H3. The smallest absolute Gasteiger partial charge is 0.274 e. The van der Waals surface area contributed by atoms with Crippen LogP contribution in [0.25, 0.3) is 10.8 Å². The topological polar surface area (TPSA) is 67.7 Å². The molecule has 0 aliphatic carbocycles. The summed E-state index contributed by atoms with van der Waals surface area (Å²) in [5.74, 6) is -0.222. The largest absolute Gasteiger partial charge is 0.378 e. The van der Waals surface area contributed by atoms with Crippen molar-refractivity contribution in [3.8, 4) is 0 Å². The second-order valence-electron chi connectivity index (χ2n) is 8.77. The van der Waals surface area contributed by atoms with Crippen LogP contribution in [-0.2, 0) is 17.8 Å². The predicted octanol–water partition coefficient (Wildman–Crippen LogP) is 3.55. The maximum absolute atomic E-state index is 13.5. The Morgan fingerprint density at radius 3 is 2.26 bits per heavy atom. The summed E-state index contributed by atoms with van der Waals surface area (Å²) >= 11 is 0. The van der Waals surface area contributed by atoms with Crippen molar-refractivity contribution in [2.24, 2.45) is 0 Å². The zero-order valence-corrected chi connectivity index (χ0v) is 19.8. The number of hydrogen-bond acceptors (Lipinski definition) is 5. The molecule has 1 amide bonds. The lowest BCUT2D eigenvalue weighted by molar-refractivity contribution is 0.0779. The van der Waals surface area contributed by atoms with Crippen LogP contribution in [0.5, 0.6) is 0 Å². The van der Waals surface area contributed by atoms with Gasteiger partial charge in [0.2, 0.25) is 0 Å². The van der Waals surface area contributed by atoms with Crippen LogP contribution in [0.15, 0.2) is 83.7 Å². The average molecular weight is 469 g/mol. The van der Waals surface area contributed by atoms with Gasteiger partial charge in [0.1, 0.15) is 0 Å². The molecule has 5 rings (SSSR count). The molecule has 0 saturated carbocycles. The fourth-order valence-corrected chi connectivity index (χ4v) is 4.42. The molecule has 3 aromatic carbocycles. The van der Waals surface area contributed by atoms with Crippen molar-refractivity contribution >= 4 is 22.4 Å². The van der Waals surface area contributed by atoms with Gasteiger partial charge in [-0.15, -0.1) is 0 Å². The van der Waals surface area contributed by atoms with E-state index in [9.17, 15) is 9.59 Å². The number of nitrogens with zero attached hydrogens (tertiary/aromatic N) is 4. The Kier molecular flexibility index (Phi) is 6.59. The summed E-state index contributed by atoms with van der Waals surface area (Å²) in [7, 11) is 1.77. The van der Waals surface area contributed by atoms with Crippen molar-refractivity contribution < 1.29 is 9.53 Å². The Hall–Kier alpha value is -3.97. The van der Waals surface area contributed by atoms with E-state index in [2.05, 4.69) is 34.3 Å². The van der Waals surface area contributed by atoms with Crippen LogP contribution in [0.1, 0.15) is 21.6 Å². The number of aromatic nitrogens is 2. The molecule has 1 fully saturated rings. The fraction of sp³-hybridized carbons (Fsp3) is 0.250. The van der Waals surface area contributed by atoms with Crippen LogP contribution in [0.2, 0.25) is 0 Å². The second kappa shape index (κ2) is 10.1. The molecule has 178 valence electrons. The van der Waals surface area contributed by atoms with Crippen molar-refractivity contribution in [2.45, 2.75) is 13.1 Å². The van der Waals surface area contributed by atoms with Crippen LogP contribution >= 0.6 is 0 Å². The van der Waals surface area contributed by atoms with Gasteiger partial charge in [0.05, 0.1) is 25.1 Å². The van der Waals surface area contributed by atoms with Gasteiger partial charge < -0.3 is 14.5 Å². The molecule has 1 saturated heterocycles. The number of rotatable bonds is 6. The molecule has 0 atom stereocenters. The summed E-state index contributed by atoms with van der Waals surface area (Å²) < 4.78 is 6.82. The molecule has 0 bridgehead atoms. The van der Waals surface area contributed by atoms with E-state index in [-0.39, 0.29) is 17.2 Å². The first-order valence-electron chi connectivity index (χ1n) is 11.8. The lowest BCUT2D eigenvalue weighted by atomic mass is 10.1. The van der Waals surface area contributed by atoms with Gasteiger partial charge in [-0.3, -0.25) is 9.59 Å². The number of hydrogen-bond donors (Lipinski definition) is 0. The number of benzene rings is 3. The summed E-state index contributed by atoms with van der Waals surface area (Å²) in [5, 5.41) is 5.59. The lowest BCUT2D eigenvalue weighted by Crippen LogP contribution is -2.36. The molecule has 0 N–H and O–H groups in total. The minimum absolute atomic E-state index is 0.206. The molecule has 7 nitrogen and oxygen atoms in total. The highest BCUT2D eigenvalue weighted by Crippen LogP contribution is 2.19. The maximum Gasteiger partial charge on any atom is 0.274 e. The number of ether oxygens (including phenoxy) is 1. The van der Waals surface area contributed by atoms with Gasteiger partial charge in [-0.25, -0.2) is 4.68 Å². The minimum atomic E-state index is -0.222. The van der Waals surface area contributed by atoms with Crippen LogP contribution in [0.3, 0.4) is 0 Å². The highest BCUT2D eigenvalue weighted by molar-refractivity contribution is 6.04. The minimum Gasteiger partial charge on any atom is -0.378 e. The normalized spacial score (nSPS) is 13.7. The van der Waals surface area contributed by atoms with Gasteiger partial charge >= 0.3 is 0 Å². The second-order valence-corrected chi connectivity index (χ2v) is 8.77. The van der Waals surface area contributed by atoms with Gasteiger partial charge in [-0.05, 0) is 29.3 Å². The molecule has 0 radical (unpaired) electrons. The van der Waals surface area contributed by atoms with E-state index in [0.717, 1.165) is 43.1 Å². The molecule has 4 aromatic rings. The van der Waals surface area contributed by atoms with Crippen LogP contribution in [0, 0.1) is 0 Å². The van der Waals surface area contributed by atoms with Crippen molar-refractivity contribution in [1.82, 2.24) is 14.7 Å². The number of carbonyl (C=O) groups excluding carboxylic acids is 1. The van der Waals surface area contributed by atoms with E-state index < -0.39 is 0 Å². The van der Waals surface area contributed by atoms with Gasteiger partial charge in [0, 0.05) is 37.8 Å². The quantitative estimate of drug-likeness (QED) is 0.433. The third kappa shape index (κ3) is 4.95. The summed E-state index contributed by atoms with van der Waals surface area (Å²) in [4.78, 5) is 30.6. The van der Waals surface area contributed by atoms with Gasteiger partial charge in [-0.1, -0.05) is 60.7 Å². The van der Waals surface area contributed by atoms with E-state index in [1.54, 1.807) is 24.1 Å². The molecule has 7 heteroatoms. The van der Waals surface area contributed by atoms with Gasteiger partial charge in [0.25, 0.3) is 11.5 Å². The van der Waals surface area contributed by atoms with Crippen molar-refractivity contribution in [2.75, 3.05) is 38.3 Å². The van der Waals surface area contributed by atoms with E-state index >= 15 is 0 Å². The SMILES string of the molecule is CN(Cc1ccc(N2CCOCC2)cc1)C(=O)c1nn(Cc2ccccc2)c(=O)c2ccccc12. The van der Waals surface area contributed by atoms with Crippen molar-refractivity contribution in [3.63, 3.8) is 0 Å². The van der Waals surface area contributed by atoms with Crippen LogP contribution < -0.4 is 10.5 Å². The monoisotopic (exact) mass is 468 g/mol.